The fraction of sp³-hybridized carbons (Fsp3) is 0.754. The molecule has 0 saturated carbocycles. The molecule has 2 aliphatic rings. The number of aldehydes is 1. The van der Waals surface area contributed by atoms with Crippen molar-refractivity contribution in [1.82, 2.24) is 36.7 Å². The van der Waals surface area contributed by atoms with Crippen LogP contribution in [0.5, 0.6) is 0 Å². The second kappa shape index (κ2) is 80.5. The number of imide groups is 2. The van der Waals surface area contributed by atoms with Gasteiger partial charge in [-0.25, -0.2) is 9.63 Å². The molecule has 578 valence electrons. The Morgan fingerprint density at radius 3 is 1.10 bits per heavy atom. The number of nitrogens with one attached hydrogen (secondary N) is 5. The molecule has 0 aromatic carbocycles. The molecular formula is C57H112Ca3F10N9O16P3S. The van der Waals surface area contributed by atoms with Crippen molar-refractivity contribution in [2.75, 3.05) is 59.3 Å². The summed E-state index contributed by atoms with van der Waals surface area (Å²) < 4.78 is 115. The van der Waals surface area contributed by atoms with Crippen LogP contribution in [0.4, 0.5) is 49.0 Å². The Kier molecular flexibility index (Phi) is 98.6. The Balaban J connectivity index is -0.0000000546. The van der Waals surface area contributed by atoms with Crippen LogP contribution < -0.4 is 38.1 Å². The summed E-state index contributed by atoms with van der Waals surface area (Å²) in [6, 6.07) is -0.569. The average Bonchev–Trinajstić information content (AvgIpc) is 1.71. The molecule has 0 aliphatic carbocycles. The van der Waals surface area contributed by atoms with E-state index in [-0.39, 0.29) is 232 Å². The molecule has 99 heavy (non-hydrogen) atoms. The van der Waals surface area contributed by atoms with Gasteiger partial charge < -0.3 is 51.7 Å². The van der Waals surface area contributed by atoms with Crippen LogP contribution >= 0.6 is 39.9 Å². The maximum atomic E-state index is 11.9. The van der Waals surface area contributed by atoms with Gasteiger partial charge >= 0.3 is 150 Å². The minimum atomic E-state index is -4.89. The number of halogens is 10. The normalized spacial score (nSPS) is 12.8. The molecule has 2 rings (SSSR count). The first-order valence-electron chi connectivity index (χ1n) is 30.4. The number of carbonyl (C=O) groups excluding carboxylic acids is 13. The summed E-state index contributed by atoms with van der Waals surface area (Å²) in [5.74, 6) is -2.47. The van der Waals surface area contributed by atoms with E-state index in [1.54, 1.807) is 31.4 Å². The number of Topliss-reactive ketones (excluding diaryl/α,β-unsaturated/α-hetero) is 3. The number of primary amides is 1. The smallest absolute Gasteiger partial charge is 1.00 e. The molecule has 0 radical (unpaired) electrons. The Hall–Kier alpha value is -1.59. The summed E-state index contributed by atoms with van der Waals surface area (Å²) in [6.45, 7) is 18.2. The molecule has 0 bridgehead atoms. The number of amides is 10. The molecule has 0 aromatic rings. The van der Waals surface area contributed by atoms with Gasteiger partial charge in [-0.2, -0.15) is 49.6 Å². The number of carbonyl (C=O) groups is 13. The van der Waals surface area contributed by atoms with Crippen LogP contribution in [0.2, 0.25) is 0 Å². The van der Waals surface area contributed by atoms with Crippen LogP contribution in [0.25, 0.3) is 0 Å². The van der Waals surface area contributed by atoms with Gasteiger partial charge in [0.2, 0.25) is 18.1 Å². The van der Waals surface area contributed by atoms with Gasteiger partial charge in [-0.3, -0.25) is 67.5 Å². The number of nitrogens with two attached hydrogens (primary N) is 2. The van der Waals surface area contributed by atoms with Crippen molar-refractivity contribution in [3.63, 3.8) is 0 Å². The Morgan fingerprint density at radius 1 is 0.556 bits per heavy atom. The molecular weight excluding hydrogens is 1500 g/mol. The first kappa shape index (κ1) is 121. The zero-order valence-electron chi connectivity index (χ0n) is 65.4. The number of hydrogen-bond donors (Lipinski definition) is 9. The quantitative estimate of drug-likeness (QED) is 0.00370. The third-order valence-corrected chi connectivity index (χ3v) is 12.0. The van der Waals surface area contributed by atoms with Gasteiger partial charge in [0.05, 0.1) is 0 Å². The van der Waals surface area contributed by atoms with Gasteiger partial charge in [0.25, 0.3) is 25.1 Å². The summed E-state index contributed by atoms with van der Waals surface area (Å²) in [5, 5.41) is 29.9. The SMILES string of the molecule is C=S.CC(=O)C(C)CCCCN.CC(=O)C(C)CCCCNC(=O)CCCNC(=O)C(F)(F)F.CC(=O)C(C)CCCCNC(=O)CCCNC(N)=O.CP.CP.CP.O=C1CCC(=O)N1O.O=C1CCC(=O)N1OC(O)CCCCCNC(=O)C(F)(F)F.O=CC(F)(F)F.[3H]F.[Ca+2].[Ca+2].[Ca+2].[H-].[H-].[H-].[H-].[H-].[H-]. The maximum Gasteiger partial charge on any atom is 2.00 e. The minimum Gasteiger partial charge on any atom is -1.00 e. The number of rotatable bonds is 33. The Labute approximate surface area is 687 Å². The molecule has 2 heterocycles. The summed E-state index contributed by atoms with van der Waals surface area (Å²) in [4.78, 5) is 143. The molecule has 11 N–H and O–H groups in total. The molecule has 7 atom stereocenters. The number of urea groups is 1. The van der Waals surface area contributed by atoms with Crippen LogP contribution in [0.1, 0.15) is 185 Å². The fourth-order valence-corrected chi connectivity index (χ4v) is 6.34. The van der Waals surface area contributed by atoms with Crippen LogP contribution in [-0.4, -0.2) is 302 Å². The van der Waals surface area contributed by atoms with E-state index in [0.29, 0.717) is 56.8 Å². The van der Waals surface area contributed by atoms with Crippen LogP contribution in [-0.2, 0) is 62.4 Å². The van der Waals surface area contributed by atoms with Crippen molar-refractivity contribution in [3.05, 3.63) is 0 Å². The van der Waals surface area contributed by atoms with Gasteiger partial charge in [0.1, 0.15) is 17.3 Å². The van der Waals surface area contributed by atoms with Gasteiger partial charge in [0, 0.05) is 95.4 Å². The van der Waals surface area contributed by atoms with Crippen molar-refractivity contribution in [3.8, 4) is 0 Å². The molecule has 2 aliphatic heterocycles. The number of aliphatic hydroxyl groups excluding tert-OH is 1. The predicted molar refractivity (Wildman–Crippen MR) is 380 cm³/mol. The van der Waals surface area contributed by atoms with E-state index in [2.05, 4.69) is 63.2 Å². The summed E-state index contributed by atoms with van der Waals surface area (Å²) in [5.41, 5.74) is 10.2. The van der Waals surface area contributed by atoms with Crippen molar-refractivity contribution in [2.24, 2.45) is 29.2 Å². The van der Waals surface area contributed by atoms with E-state index >= 15 is 0 Å². The molecule has 2 saturated heterocycles. The van der Waals surface area contributed by atoms with Crippen molar-refractivity contribution >= 4 is 236 Å². The van der Waals surface area contributed by atoms with E-state index in [0.717, 1.165) is 64.3 Å². The van der Waals surface area contributed by atoms with Gasteiger partial charge in [-0.1, -0.05) is 78.7 Å². The third-order valence-electron chi connectivity index (χ3n) is 12.0. The zero-order chi connectivity index (χ0) is 77.9. The zero-order valence-corrected chi connectivity index (χ0v) is 69.3. The summed E-state index contributed by atoms with van der Waals surface area (Å²) in [6.07, 6.45) is -5.87. The Morgan fingerprint density at radius 2 is 0.828 bits per heavy atom. The van der Waals surface area contributed by atoms with E-state index in [9.17, 15) is 102 Å². The molecule has 25 nitrogen and oxygen atoms in total. The molecule has 0 aromatic heterocycles. The monoisotopic (exact) mass is 1620 g/mol. The number of nitrogens with zero attached hydrogens (tertiary/aromatic N) is 2. The second-order valence-electron chi connectivity index (χ2n) is 19.8. The first-order chi connectivity index (χ1) is 45.2. The number of alkyl halides is 9. The van der Waals surface area contributed by atoms with Gasteiger partial charge in [-0.05, 0) is 97.4 Å². The van der Waals surface area contributed by atoms with Crippen LogP contribution in [0.15, 0.2) is 0 Å². The third kappa shape index (κ3) is 87.0. The second-order valence-corrected chi connectivity index (χ2v) is 19.8. The van der Waals surface area contributed by atoms with Crippen molar-refractivity contribution in [2.45, 2.75) is 201 Å². The maximum absolute atomic E-state index is 11.9. The van der Waals surface area contributed by atoms with E-state index in [1.165, 1.54) is 0 Å². The van der Waals surface area contributed by atoms with E-state index < -0.39 is 72.6 Å². The standard InChI is InChI=1S/C14H23F3N2O3.C13H25N3O3.C12H17F3N2O5.C8H17NO.C4H5NO3.C2HF3O.3CH5P.CH2S.3Ca.FH.6H/c1-10(11(2)20)6-3-4-8-18-12(21)7-5-9-19-13(22)14(15,16)17;1-10(11(2)17)6-3-4-8-15-12(18)7-5-9-16-13(14)19;13-12(14,15)11(21)16-7-3-1-2-4-10(20)22-17-8(18)5-6-9(17)19;1-7(8(2)10)5-3-4-6-9;6-3-1-2-4(7)5(3)8;3-2(4,5)1-6;4*1-2;;;;;;;;;;/h10H,3-9H2,1-2H3,(H,18,21)(H,19,22);10H,3-9H2,1-2H3,(H,15,18)(H3,14,16,19);10,20H,1-7H2,(H,16,21);7H,3-6,9H2,1-2H3;8H,1-2H2;1H;3*2H2,1H3;1H2;;;;1H;;;;;;/q;;;;;;;;;;3*+2;;6*-1/i/hT. The minimum absolute atomic E-state index is 0. The topological polar surface area (TPSA) is 390 Å². The van der Waals surface area contributed by atoms with E-state index in [4.69, 9.17) is 31.0 Å². The van der Waals surface area contributed by atoms with Gasteiger partial charge in [0.15, 0.2) is 6.29 Å². The number of ketones is 3. The predicted octanol–water partition coefficient (Wildman–Crippen LogP) is 6.92. The molecule has 2 fully saturated rings. The van der Waals surface area contributed by atoms with Crippen molar-refractivity contribution < 1.29 is 130 Å². The molecule has 0 spiro atoms. The van der Waals surface area contributed by atoms with Crippen LogP contribution in [0.3, 0.4) is 0 Å². The number of thiocarbonyl (C=S) groups is 1. The summed E-state index contributed by atoms with van der Waals surface area (Å²) in [7, 11) is 7.25. The number of hydrogen-bond acceptors (Lipinski definition) is 18. The fourth-order valence-electron chi connectivity index (χ4n) is 6.34. The number of hydroxylamine groups is 4. The number of unbranched alkanes of at least 4 members (excludes halogenated alkanes) is 5. The summed E-state index contributed by atoms with van der Waals surface area (Å²) >= 11 is 3.83. The van der Waals surface area contributed by atoms with Crippen molar-refractivity contribution in [1.29, 1.82) is 1.45 Å². The molecule has 7 unspecified atom stereocenters. The molecule has 42 heteroatoms. The number of aliphatic hydroxyl groups is 1. The molecule has 10 amide bonds. The first-order valence-corrected chi connectivity index (χ1v) is 34.1. The Bertz CT molecular complexity index is 2200. The van der Waals surface area contributed by atoms with Crippen LogP contribution in [0, 0.1) is 17.8 Å². The largest absolute Gasteiger partial charge is 2.00 e. The van der Waals surface area contributed by atoms with E-state index in [1.807, 2.05) is 40.8 Å². The van der Waals surface area contributed by atoms with Gasteiger partial charge in [-0.15, -0.1) is 27.7 Å². The average molecular weight is 1620 g/mol.